The number of aromatic nitrogens is 1. The van der Waals surface area contributed by atoms with Gasteiger partial charge in [0.1, 0.15) is 5.69 Å². The Hall–Kier alpha value is -2.01. The number of amides is 1. The molecule has 1 fully saturated rings. The van der Waals surface area contributed by atoms with E-state index in [2.05, 4.69) is 4.98 Å². The molecule has 0 radical (unpaired) electrons. The summed E-state index contributed by atoms with van der Waals surface area (Å²) >= 11 is 0. The van der Waals surface area contributed by atoms with Crippen molar-refractivity contribution in [2.24, 2.45) is 0 Å². The summed E-state index contributed by atoms with van der Waals surface area (Å²) in [6, 6.07) is 7.30. The third kappa shape index (κ3) is 2.17. The lowest BCUT2D eigenvalue weighted by atomic mass is 10.1. The summed E-state index contributed by atoms with van der Waals surface area (Å²) in [7, 11) is 0. The molecule has 1 aromatic carbocycles. The van der Waals surface area contributed by atoms with E-state index in [4.69, 9.17) is 5.73 Å². The Labute approximate surface area is 111 Å². The monoisotopic (exact) mass is 259 g/mol. The average molecular weight is 259 g/mol. The number of likely N-dealkylation sites (tertiary alicyclic amines) is 1. The number of aliphatic hydroxyl groups is 1. The Bertz CT molecular complexity index is 645. The highest BCUT2D eigenvalue weighted by molar-refractivity contribution is 5.98. The van der Waals surface area contributed by atoms with Crippen LogP contribution in [0.5, 0.6) is 0 Å². The van der Waals surface area contributed by atoms with Crippen LogP contribution in [0.2, 0.25) is 0 Å². The first-order valence-electron chi connectivity index (χ1n) is 6.34. The van der Waals surface area contributed by atoms with Crippen molar-refractivity contribution in [1.29, 1.82) is 0 Å². The number of rotatable bonds is 1. The number of nitrogen functional groups attached to an aromatic ring is 1. The number of benzene rings is 1. The molecule has 2 aromatic rings. The number of anilines is 1. The normalized spacial score (nSPS) is 23.2. The molecule has 1 amide bonds. The van der Waals surface area contributed by atoms with Crippen molar-refractivity contribution in [3.63, 3.8) is 0 Å². The highest BCUT2D eigenvalue weighted by Gasteiger charge is 2.34. The van der Waals surface area contributed by atoms with Gasteiger partial charge in [-0.1, -0.05) is 0 Å². The number of nitrogens with two attached hydrogens (primary N) is 1. The lowest BCUT2D eigenvalue weighted by Crippen LogP contribution is -2.34. The number of carbonyl (C=O) groups is 1. The second-order valence-corrected chi connectivity index (χ2v) is 5.50. The molecule has 5 nitrogen and oxygen atoms in total. The van der Waals surface area contributed by atoms with Crippen LogP contribution in [-0.2, 0) is 0 Å². The first-order valence-corrected chi connectivity index (χ1v) is 6.34. The third-order valence-electron chi connectivity index (χ3n) is 3.61. The van der Waals surface area contributed by atoms with E-state index >= 15 is 0 Å². The topological polar surface area (TPSA) is 82.3 Å². The SMILES string of the molecule is CC1(O)CCN(C(=O)c2cc3cc(N)ccc3[nH]2)C1. The Morgan fingerprint density at radius 3 is 2.95 bits per heavy atom. The standard InChI is InChI=1S/C14H17N3O2/c1-14(19)4-5-17(8-14)13(18)12-7-9-6-10(15)2-3-11(9)16-12/h2-3,6-7,16,19H,4-5,8,15H2,1H3. The molecule has 0 bridgehead atoms. The number of fused-ring (bicyclic) bond motifs is 1. The molecule has 2 heterocycles. The van der Waals surface area contributed by atoms with Gasteiger partial charge in [-0.05, 0) is 37.6 Å². The van der Waals surface area contributed by atoms with Gasteiger partial charge in [0.15, 0.2) is 0 Å². The van der Waals surface area contributed by atoms with Crippen LogP contribution in [0, 0.1) is 0 Å². The lowest BCUT2D eigenvalue weighted by Gasteiger charge is -2.18. The predicted octanol–water partition coefficient (Wildman–Crippen LogP) is 1.35. The Morgan fingerprint density at radius 2 is 2.26 bits per heavy atom. The molecular weight excluding hydrogens is 242 g/mol. The summed E-state index contributed by atoms with van der Waals surface area (Å²) in [4.78, 5) is 17.1. The molecule has 3 rings (SSSR count). The third-order valence-corrected chi connectivity index (χ3v) is 3.61. The minimum Gasteiger partial charge on any atom is -0.399 e. The minimum absolute atomic E-state index is 0.0763. The molecule has 0 spiro atoms. The molecule has 1 aliphatic rings. The van der Waals surface area contributed by atoms with Gasteiger partial charge in [-0.3, -0.25) is 4.79 Å². The van der Waals surface area contributed by atoms with Crippen molar-refractivity contribution >= 4 is 22.5 Å². The maximum atomic E-state index is 12.3. The van der Waals surface area contributed by atoms with Gasteiger partial charge >= 0.3 is 0 Å². The fourth-order valence-corrected chi connectivity index (χ4v) is 2.56. The van der Waals surface area contributed by atoms with E-state index in [0.29, 0.717) is 30.9 Å². The van der Waals surface area contributed by atoms with Gasteiger partial charge in [-0.25, -0.2) is 0 Å². The zero-order chi connectivity index (χ0) is 13.6. The van der Waals surface area contributed by atoms with Gasteiger partial charge in [-0.15, -0.1) is 0 Å². The van der Waals surface area contributed by atoms with Crippen LogP contribution in [-0.4, -0.2) is 39.6 Å². The van der Waals surface area contributed by atoms with Crippen molar-refractivity contribution in [2.45, 2.75) is 18.9 Å². The van der Waals surface area contributed by atoms with Crippen molar-refractivity contribution in [2.75, 3.05) is 18.8 Å². The Morgan fingerprint density at radius 1 is 1.47 bits per heavy atom. The number of hydrogen-bond donors (Lipinski definition) is 3. The molecule has 5 heteroatoms. The van der Waals surface area contributed by atoms with Gasteiger partial charge in [0.05, 0.1) is 5.60 Å². The molecule has 1 unspecified atom stereocenters. The van der Waals surface area contributed by atoms with E-state index in [0.717, 1.165) is 10.9 Å². The second kappa shape index (κ2) is 3.99. The van der Waals surface area contributed by atoms with E-state index in [1.54, 1.807) is 24.0 Å². The van der Waals surface area contributed by atoms with Crippen LogP contribution in [0.1, 0.15) is 23.8 Å². The van der Waals surface area contributed by atoms with Gasteiger partial charge in [-0.2, -0.15) is 0 Å². The van der Waals surface area contributed by atoms with E-state index in [1.165, 1.54) is 0 Å². The highest BCUT2D eigenvalue weighted by atomic mass is 16.3. The van der Waals surface area contributed by atoms with Crippen molar-refractivity contribution in [1.82, 2.24) is 9.88 Å². The molecule has 1 aliphatic heterocycles. The van der Waals surface area contributed by atoms with Crippen molar-refractivity contribution < 1.29 is 9.90 Å². The fourth-order valence-electron chi connectivity index (χ4n) is 2.56. The van der Waals surface area contributed by atoms with Crippen molar-refractivity contribution in [3.05, 3.63) is 30.0 Å². The van der Waals surface area contributed by atoms with Crippen LogP contribution in [0.25, 0.3) is 10.9 Å². The first-order chi connectivity index (χ1) is 8.94. The number of nitrogens with zero attached hydrogens (tertiary/aromatic N) is 1. The molecule has 1 atom stereocenters. The van der Waals surface area contributed by atoms with E-state index in [-0.39, 0.29) is 5.91 Å². The summed E-state index contributed by atoms with van der Waals surface area (Å²) in [5.74, 6) is -0.0763. The van der Waals surface area contributed by atoms with E-state index in [9.17, 15) is 9.90 Å². The smallest absolute Gasteiger partial charge is 0.270 e. The van der Waals surface area contributed by atoms with Crippen LogP contribution in [0.3, 0.4) is 0 Å². The molecule has 19 heavy (non-hydrogen) atoms. The Balaban J connectivity index is 1.90. The highest BCUT2D eigenvalue weighted by Crippen LogP contribution is 2.24. The lowest BCUT2D eigenvalue weighted by molar-refractivity contribution is 0.0569. The van der Waals surface area contributed by atoms with Gasteiger partial charge < -0.3 is 20.7 Å². The summed E-state index contributed by atoms with van der Waals surface area (Å²) in [6.07, 6.45) is 0.617. The molecular formula is C14H17N3O2. The Kier molecular flexibility index (Phi) is 2.53. The number of nitrogens with one attached hydrogen (secondary N) is 1. The van der Waals surface area contributed by atoms with Crippen molar-refractivity contribution in [3.8, 4) is 0 Å². The van der Waals surface area contributed by atoms with Gasteiger partial charge in [0.2, 0.25) is 0 Å². The number of H-pyrrole nitrogens is 1. The minimum atomic E-state index is -0.772. The summed E-state index contributed by atoms with van der Waals surface area (Å²) in [5, 5.41) is 10.8. The molecule has 0 aliphatic carbocycles. The maximum Gasteiger partial charge on any atom is 0.270 e. The molecule has 4 N–H and O–H groups in total. The maximum absolute atomic E-state index is 12.3. The zero-order valence-electron chi connectivity index (χ0n) is 10.8. The van der Waals surface area contributed by atoms with Gasteiger partial charge in [0, 0.05) is 29.7 Å². The van der Waals surface area contributed by atoms with Crippen LogP contribution >= 0.6 is 0 Å². The molecule has 1 aromatic heterocycles. The number of β-amino-alcohol motifs (C(OH)–C–C–N with tert-alkyl or cyclic N) is 1. The molecule has 100 valence electrons. The van der Waals surface area contributed by atoms with E-state index in [1.807, 2.05) is 12.1 Å². The zero-order valence-corrected chi connectivity index (χ0v) is 10.8. The van der Waals surface area contributed by atoms with Crippen LogP contribution in [0.4, 0.5) is 5.69 Å². The molecule has 0 saturated carbocycles. The quantitative estimate of drug-likeness (QED) is 0.676. The number of carbonyl (C=O) groups excluding carboxylic acids is 1. The predicted molar refractivity (Wildman–Crippen MR) is 73.9 cm³/mol. The first kappa shape index (κ1) is 12.0. The summed E-state index contributed by atoms with van der Waals surface area (Å²) in [6.45, 7) is 2.72. The number of hydrogen-bond acceptors (Lipinski definition) is 3. The van der Waals surface area contributed by atoms with Crippen LogP contribution in [0.15, 0.2) is 24.3 Å². The van der Waals surface area contributed by atoms with E-state index < -0.39 is 5.60 Å². The summed E-state index contributed by atoms with van der Waals surface area (Å²) in [5.41, 5.74) is 7.06. The second-order valence-electron chi connectivity index (χ2n) is 5.50. The molecule has 1 saturated heterocycles. The fraction of sp³-hybridized carbons (Fsp3) is 0.357. The number of aromatic amines is 1. The summed E-state index contributed by atoms with van der Waals surface area (Å²) < 4.78 is 0. The van der Waals surface area contributed by atoms with Gasteiger partial charge in [0.25, 0.3) is 5.91 Å². The van der Waals surface area contributed by atoms with Crippen LogP contribution < -0.4 is 5.73 Å². The average Bonchev–Trinajstić information content (AvgIpc) is 2.90. The largest absolute Gasteiger partial charge is 0.399 e.